The fourth-order valence-corrected chi connectivity index (χ4v) is 2.55. The molecule has 3 aromatic rings. The van der Waals surface area contributed by atoms with Crippen molar-refractivity contribution < 1.29 is 9.18 Å². The van der Waals surface area contributed by atoms with Gasteiger partial charge in [-0.15, -0.1) is 0 Å². The van der Waals surface area contributed by atoms with Crippen LogP contribution in [0.15, 0.2) is 47.3 Å². The number of nitrogens with one attached hydrogen (secondary N) is 1. The molecule has 0 aliphatic rings. The first-order chi connectivity index (χ1) is 11.5. The number of fused-ring (bicyclic) bond motifs is 1. The highest BCUT2D eigenvalue weighted by Crippen LogP contribution is 2.17. The van der Waals surface area contributed by atoms with Gasteiger partial charge in [0, 0.05) is 17.3 Å². The van der Waals surface area contributed by atoms with E-state index in [0.717, 1.165) is 0 Å². The summed E-state index contributed by atoms with van der Waals surface area (Å²) < 4.78 is 14.5. The van der Waals surface area contributed by atoms with Crippen LogP contribution in [0.2, 0.25) is 5.02 Å². The number of nitrogens with zero attached hydrogens (tertiary/aromatic N) is 2. The number of aryl methyl sites for hydroxylation is 1. The van der Waals surface area contributed by atoms with Crippen molar-refractivity contribution in [2.75, 3.05) is 5.32 Å². The van der Waals surface area contributed by atoms with Gasteiger partial charge in [0.1, 0.15) is 5.82 Å². The molecule has 122 valence electrons. The number of anilines is 1. The number of benzene rings is 2. The van der Waals surface area contributed by atoms with E-state index in [1.165, 1.54) is 30.3 Å². The molecule has 5 nitrogen and oxygen atoms in total. The van der Waals surface area contributed by atoms with Gasteiger partial charge in [-0.2, -0.15) is 5.10 Å². The molecule has 24 heavy (non-hydrogen) atoms. The summed E-state index contributed by atoms with van der Waals surface area (Å²) in [4.78, 5) is 25.0. The van der Waals surface area contributed by atoms with Crippen molar-refractivity contribution in [3.63, 3.8) is 0 Å². The van der Waals surface area contributed by atoms with E-state index in [9.17, 15) is 14.0 Å². The SMILES string of the molecule is CCn1nc(C(=O)Nc2ccc(F)cc2)c(=O)c2cc(Cl)ccc21. The number of aromatic nitrogens is 2. The van der Waals surface area contributed by atoms with E-state index in [-0.39, 0.29) is 5.69 Å². The Labute approximate surface area is 141 Å². The predicted molar refractivity (Wildman–Crippen MR) is 91.0 cm³/mol. The zero-order chi connectivity index (χ0) is 17.3. The van der Waals surface area contributed by atoms with E-state index in [4.69, 9.17) is 11.6 Å². The monoisotopic (exact) mass is 345 g/mol. The second-order valence-corrected chi connectivity index (χ2v) is 5.55. The van der Waals surface area contributed by atoms with Crippen LogP contribution in [-0.2, 0) is 6.54 Å². The van der Waals surface area contributed by atoms with Crippen LogP contribution in [0.4, 0.5) is 10.1 Å². The average molecular weight is 346 g/mol. The van der Waals surface area contributed by atoms with E-state index >= 15 is 0 Å². The van der Waals surface area contributed by atoms with Crippen molar-refractivity contribution in [1.29, 1.82) is 0 Å². The summed E-state index contributed by atoms with van der Waals surface area (Å²) in [6.45, 7) is 2.34. The second-order valence-electron chi connectivity index (χ2n) is 5.12. The second kappa shape index (κ2) is 6.41. The number of hydrogen-bond donors (Lipinski definition) is 1. The highest BCUT2D eigenvalue weighted by molar-refractivity contribution is 6.31. The molecule has 1 N–H and O–H groups in total. The molecule has 3 rings (SSSR count). The van der Waals surface area contributed by atoms with E-state index in [0.29, 0.717) is 28.2 Å². The first-order valence-corrected chi connectivity index (χ1v) is 7.64. The van der Waals surface area contributed by atoms with Gasteiger partial charge in [-0.1, -0.05) is 11.6 Å². The lowest BCUT2D eigenvalue weighted by atomic mass is 10.2. The molecule has 2 aromatic carbocycles. The van der Waals surface area contributed by atoms with E-state index in [2.05, 4.69) is 10.4 Å². The summed E-state index contributed by atoms with van der Waals surface area (Å²) in [6.07, 6.45) is 0. The maximum atomic E-state index is 12.9. The zero-order valence-electron chi connectivity index (χ0n) is 12.7. The minimum Gasteiger partial charge on any atom is -0.320 e. The Morgan fingerprint density at radius 2 is 1.96 bits per heavy atom. The fraction of sp³-hybridized carbons (Fsp3) is 0.118. The Hall–Kier alpha value is -2.73. The van der Waals surface area contributed by atoms with Crippen LogP contribution in [0.5, 0.6) is 0 Å². The number of halogens is 2. The number of amides is 1. The van der Waals surface area contributed by atoms with Crippen molar-refractivity contribution in [1.82, 2.24) is 9.78 Å². The molecule has 0 bridgehead atoms. The predicted octanol–water partition coefficient (Wildman–Crippen LogP) is 3.46. The summed E-state index contributed by atoms with van der Waals surface area (Å²) in [7, 11) is 0. The summed E-state index contributed by atoms with van der Waals surface area (Å²) in [6, 6.07) is 10.1. The lowest BCUT2D eigenvalue weighted by Gasteiger charge is -2.10. The van der Waals surface area contributed by atoms with Gasteiger partial charge >= 0.3 is 0 Å². The van der Waals surface area contributed by atoms with Crippen LogP contribution in [0.1, 0.15) is 17.4 Å². The topological polar surface area (TPSA) is 64.0 Å². The first-order valence-electron chi connectivity index (χ1n) is 7.27. The van der Waals surface area contributed by atoms with E-state index in [1.54, 1.807) is 16.8 Å². The molecule has 1 heterocycles. The summed E-state index contributed by atoms with van der Waals surface area (Å²) in [5, 5.41) is 7.40. The summed E-state index contributed by atoms with van der Waals surface area (Å²) >= 11 is 5.96. The van der Waals surface area contributed by atoms with Gasteiger partial charge in [0.25, 0.3) is 5.91 Å². The lowest BCUT2D eigenvalue weighted by molar-refractivity contribution is 0.101. The Bertz CT molecular complexity index is 984. The molecule has 0 spiro atoms. The molecule has 0 saturated carbocycles. The molecule has 0 aliphatic heterocycles. The summed E-state index contributed by atoms with van der Waals surface area (Å²) in [5.41, 5.74) is 0.231. The molecule has 0 unspecified atom stereocenters. The van der Waals surface area contributed by atoms with Gasteiger partial charge < -0.3 is 5.32 Å². The maximum Gasteiger partial charge on any atom is 0.280 e. The van der Waals surface area contributed by atoms with Gasteiger partial charge in [0.05, 0.1) is 10.9 Å². The van der Waals surface area contributed by atoms with Crippen LogP contribution >= 0.6 is 11.6 Å². The third kappa shape index (κ3) is 3.00. The van der Waals surface area contributed by atoms with Crippen molar-refractivity contribution >= 4 is 34.1 Å². The molecular formula is C17H13ClFN3O2. The molecule has 7 heteroatoms. The van der Waals surface area contributed by atoms with Gasteiger partial charge in [-0.3, -0.25) is 14.3 Å². The summed E-state index contributed by atoms with van der Waals surface area (Å²) in [5.74, 6) is -1.07. The highest BCUT2D eigenvalue weighted by atomic mass is 35.5. The van der Waals surface area contributed by atoms with Crippen LogP contribution in [0, 0.1) is 5.82 Å². The minimum absolute atomic E-state index is 0.240. The largest absolute Gasteiger partial charge is 0.320 e. The average Bonchev–Trinajstić information content (AvgIpc) is 2.57. The fourth-order valence-electron chi connectivity index (χ4n) is 2.38. The van der Waals surface area contributed by atoms with Gasteiger partial charge in [-0.05, 0) is 49.4 Å². The number of hydrogen-bond acceptors (Lipinski definition) is 3. The van der Waals surface area contributed by atoms with Crippen molar-refractivity contribution in [3.05, 3.63) is 69.2 Å². The number of carbonyl (C=O) groups is 1. The minimum atomic E-state index is -0.657. The third-order valence-corrected chi connectivity index (χ3v) is 3.77. The van der Waals surface area contributed by atoms with Gasteiger partial charge in [-0.25, -0.2) is 4.39 Å². The standard InChI is InChI=1S/C17H13ClFN3O2/c1-2-22-14-8-3-10(18)9-13(14)16(23)15(21-22)17(24)20-12-6-4-11(19)5-7-12/h3-9H,2H2,1H3,(H,20,24). The number of rotatable bonds is 3. The van der Waals surface area contributed by atoms with E-state index in [1.807, 2.05) is 6.92 Å². The molecule has 0 radical (unpaired) electrons. The van der Waals surface area contributed by atoms with Crippen molar-refractivity contribution in [3.8, 4) is 0 Å². The first kappa shape index (κ1) is 16.1. The molecule has 0 fully saturated rings. The Morgan fingerprint density at radius 3 is 2.62 bits per heavy atom. The van der Waals surface area contributed by atoms with E-state index < -0.39 is 17.2 Å². The molecule has 0 atom stereocenters. The van der Waals surface area contributed by atoms with Crippen LogP contribution in [-0.4, -0.2) is 15.7 Å². The van der Waals surface area contributed by atoms with Crippen LogP contribution in [0.3, 0.4) is 0 Å². The third-order valence-electron chi connectivity index (χ3n) is 3.53. The Morgan fingerprint density at radius 1 is 1.25 bits per heavy atom. The molecule has 0 saturated heterocycles. The Kier molecular flexibility index (Phi) is 4.31. The maximum absolute atomic E-state index is 12.9. The van der Waals surface area contributed by atoms with Crippen LogP contribution in [0.25, 0.3) is 10.9 Å². The molecule has 1 aromatic heterocycles. The van der Waals surface area contributed by atoms with Crippen molar-refractivity contribution in [2.24, 2.45) is 0 Å². The molecule has 1 amide bonds. The van der Waals surface area contributed by atoms with Crippen molar-refractivity contribution in [2.45, 2.75) is 13.5 Å². The highest BCUT2D eigenvalue weighted by Gasteiger charge is 2.17. The quantitative estimate of drug-likeness (QED) is 0.790. The zero-order valence-corrected chi connectivity index (χ0v) is 13.5. The molecular weight excluding hydrogens is 333 g/mol. The lowest BCUT2D eigenvalue weighted by Crippen LogP contribution is -2.27. The number of carbonyl (C=O) groups excluding carboxylic acids is 1. The van der Waals surface area contributed by atoms with Crippen LogP contribution < -0.4 is 10.7 Å². The molecule has 0 aliphatic carbocycles. The normalized spacial score (nSPS) is 10.8. The smallest absolute Gasteiger partial charge is 0.280 e. The van der Waals surface area contributed by atoms with Gasteiger partial charge in [0.15, 0.2) is 5.69 Å². The Balaban J connectivity index is 2.08. The van der Waals surface area contributed by atoms with Gasteiger partial charge in [0.2, 0.25) is 5.43 Å².